The van der Waals surface area contributed by atoms with E-state index in [2.05, 4.69) is 5.32 Å². The summed E-state index contributed by atoms with van der Waals surface area (Å²) in [6.45, 7) is 1.86. The molecule has 0 saturated carbocycles. The quantitative estimate of drug-likeness (QED) is 0.659. The Morgan fingerprint density at radius 1 is 1.03 bits per heavy atom. The van der Waals surface area contributed by atoms with E-state index in [0.29, 0.717) is 12.0 Å². The average Bonchev–Trinajstić information content (AvgIpc) is 2.99. The number of sulfone groups is 1. The summed E-state index contributed by atoms with van der Waals surface area (Å²) in [5.41, 5.74) is 2.17. The molecular weight excluding hydrogens is 400 g/mol. The number of nitrogens with zero attached hydrogens (tertiary/aromatic N) is 1. The fourth-order valence-corrected chi connectivity index (χ4v) is 4.52. The maximum Gasteiger partial charge on any atom is 0.259 e. The number of nitrogens with one attached hydrogen (secondary N) is 1. The Labute approximate surface area is 175 Å². The lowest BCUT2D eigenvalue weighted by molar-refractivity contribution is -0.120. The lowest BCUT2D eigenvalue weighted by Crippen LogP contribution is -2.40. The van der Waals surface area contributed by atoms with Crippen LogP contribution in [0.4, 0.5) is 5.69 Å². The molecule has 1 N–H and O–H groups in total. The average molecular weight is 423 g/mol. The zero-order chi connectivity index (χ0) is 21.5. The summed E-state index contributed by atoms with van der Waals surface area (Å²) in [6.07, 6.45) is 1.79. The molecule has 7 heteroatoms. The number of benzene rings is 3. The molecule has 1 heterocycles. The van der Waals surface area contributed by atoms with Crippen molar-refractivity contribution in [2.24, 2.45) is 0 Å². The van der Waals surface area contributed by atoms with Gasteiger partial charge in [0.25, 0.3) is 5.91 Å². The molecule has 0 spiro atoms. The molecule has 1 atom stereocenters. The first-order chi connectivity index (χ1) is 14.3. The molecule has 2 amide bonds. The smallest absolute Gasteiger partial charge is 0.259 e. The third-order valence-electron chi connectivity index (χ3n) is 5.40. The molecule has 0 fully saturated rings. The summed E-state index contributed by atoms with van der Waals surface area (Å²) in [5.74, 6) is -0.449. The van der Waals surface area contributed by atoms with Crippen LogP contribution in [0.2, 0.25) is 0 Å². The van der Waals surface area contributed by atoms with Gasteiger partial charge in [-0.15, -0.1) is 0 Å². The van der Waals surface area contributed by atoms with Crippen LogP contribution in [0, 0.1) is 0 Å². The maximum absolute atomic E-state index is 12.9. The number of hydrogen-bond donors (Lipinski definition) is 1. The molecule has 3 aromatic carbocycles. The molecule has 0 saturated heterocycles. The highest BCUT2D eigenvalue weighted by Crippen LogP contribution is 2.36. The van der Waals surface area contributed by atoms with Crippen LogP contribution in [-0.4, -0.2) is 33.0 Å². The number of hydrogen-bond acceptors (Lipinski definition) is 4. The molecule has 30 heavy (non-hydrogen) atoms. The zero-order valence-electron chi connectivity index (χ0n) is 16.8. The van der Waals surface area contributed by atoms with E-state index in [0.717, 1.165) is 28.3 Å². The zero-order valence-corrected chi connectivity index (χ0v) is 17.6. The Balaban J connectivity index is 1.52. The van der Waals surface area contributed by atoms with Crippen molar-refractivity contribution in [1.82, 2.24) is 5.32 Å². The molecule has 0 aliphatic carbocycles. The second-order valence-electron chi connectivity index (χ2n) is 7.44. The van der Waals surface area contributed by atoms with Crippen molar-refractivity contribution in [3.05, 3.63) is 71.8 Å². The Morgan fingerprint density at radius 2 is 1.70 bits per heavy atom. The molecular formula is C23H22N2O4S. The highest BCUT2D eigenvalue weighted by atomic mass is 32.2. The van der Waals surface area contributed by atoms with Gasteiger partial charge in [0.1, 0.15) is 6.54 Å². The normalized spacial score (nSPS) is 14.2. The Bertz CT molecular complexity index is 1240. The van der Waals surface area contributed by atoms with Gasteiger partial charge in [-0.2, -0.15) is 0 Å². The summed E-state index contributed by atoms with van der Waals surface area (Å²) >= 11 is 0. The maximum atomic E-state index is 12.9. The number of rotatable bonds is 6. The van der Waals surface area contributed by atoms with Crippen molar-refractivity contribution in [2.45, 2.75) is 24.3 Å². The lowest BCUT2D eigenvalue weighted by atomic mass is 10.0. The second kappa shape index (κ2) is 7.57. The SMILES string of the molecule is CC[C@H](NC(=O)CN1C(=O)c2cccc3cccc1c23)c1ccc(S(C)(=O)=O)cc1. The molecule has 1 aliphatic heterocycles. The molecule has 3 aromatic rings. The largest absolute Gasteiger partial charge is 0.348 e. The van der Waals surface area contributed by atoms with Crippen LogP contribution in [0.3, 0.4) is 0 Å². The first-order valence-corrected chi connectivity index (χ1v) is 11.6. The minimum absolute atomic E-state index is 0.0788. The van der Waals surface area contributed by atoms with Crippen molar-refractivity contribution in [2.75, 3.05) is 17.7 Å². The predicted octanol–water partition coefficient (Wildman–Crippen LogP) is 3.47. The summed E-state index contributed by atoms with van der Waals surface area (Å²) in [5, 5.41) is 4.81. The number of carbonyl (C=O) groups excluding carboxylic acids is 2. The van der Waals surface area contributed by atoms with Gasteiger partial charge in [-0.25, -0.2) is 8.42 Å². The van der Waals surface area contributed by atoms with Gasteiger partial charge in [0.2, 0.25) is 5.91 Å². The Kier molecular flexibility index (Phi) is 5.07. The number of carbonyl (C=O) groups is 2. The minimum atomic E-state index is -3.27. The first kappa shape index (κ1) is 20.1. The summed E-state index contributed by atoms with van der Waals surface area (Å²) in [6, 6.07) is 17.5. The standard InChI is InChI=1S/C23H22N2O4S/c1-3-19(15-10-12-17(13-11-15)30(2,28)29)24-21(26)14-25-20-9-5-7-16-6-4-8-18(22(16)20)23(25)27/h4-13,19H,3,14H2,1-2H3,(H,24,26)/t19-/m0/s1. The number of amides is 2. The monoisotopic (exact) mass is 422 g/mol. The third-order valence-corrected chi connectivity index (χ3v) is 6.53. The van der Waals surface area contributed by atoms with Gasteiger partial charge >= 0.3 is 0 Å². The van der Waals surface area contributed by atoms with Crippen LogP contribution >= 0.6 is 0 Å². The molecule has 0 aromatic heterocycles. The van der Waals surface area contributed by atoms with Gasteiger partial charge in [-0.3, -0.25) is 14.5 Å². The Hall–Kier alpha value is -3.19. The van der Waals surface area contributed by atoms with Crippen LogP contribution in [0.25, 0.3) is 10.8 Å². The summed E-state index contributed by atoms with van der Waals surface area (Å²) in [4.78, 5) is 27.4. The molecule has 0 bridgehead atoms. The van der Waals surface area contributed by atoms with E-state index in [1.54, 1.807) is 30.3 Å². The van der Waals surface area contributed by atoms with Crippen LogP contribution in [0.5, 0.6) is 0 Å². The van der Waals surface area contributed by atoms with Gasteiger partial charge in [-0.05, 0) is 41.6 Å². The fourth-order valence-electron chi connectivity index (χ4n) is 3.89. The van der Waals surface area contributed by atoms with Crippen LogP contribution in [0.15, 0.2) is 65.6 Å². The van der Waals surface area contributed by atoms with E-state index in [-0.39, 0.29) is 29.3 Å². The van der Waals surface area contributed by atoms with E-state index in [4.69, 9.17) is 0 Å². The van der Waals surface area contributed by atoms with Gasteiger partial charge in [-0.1, -0.05) is 43.3 Å². The highest BCUT2D eigenvalue weighted by molar-refractivity contribution is 7.90. The molecule has 4 rings (SSSR count). The molecule has 6 nitrogen and oxygen atoms in total. The predicted molar refractivity (Wildman–Crippen MR) is 116 cm³/mol. The lowest BCUT2D eigenvalue weighted by Gasteiger charge is -2.21. The molecule has 154 valence electrons. The first-order valence-electron chi connectivity index (χ1n) is 9.72. The molecule has 0 radical (unpaired) electrons. The van der Waals surface area contributed by atoms with E-state index >= 15 is 0 Å². The van der Waals surface area contributed by atoms with Crippen molar-refractivity contribution in [3.63, 3.8) is 0 Å². The van der Waals surface area contributed by atoms with Crippen LogP contribution < -0.4 is 10.2 Å². The highest BCUT2D eigenvalue weighted by Gasteiger charge is 2.31. The Morgan fingerprint density at radius 3 is 2.33 bits per heavy atom. The third kappa shape index (κ3) is 3.57. The van der Waals surface area contributed by atoms with Crippen molar-refractivity contribution in [1.29, 1.82) is 0 Å². The fraction of sp³-hybridized carbons (Fsp3) is 0.217. The van der Waals surface area contributed by atoms with Crippen molar-refractivity contribution >= 4 is 38.1 Å². The summed E-state index contributed by atoms with van der Waals surface area (Å²) in [7, 11) is -3.27. The van der Waals surface area contributed by atoms with E-state index in [9.17, 15) is 18.0 Å². The van der Waals surface area contributed by atoms with E-state index < -0.39 is 9.84 Å². The van der Waals surface area contributed by atoms with E-state index in [1.807, 2.05) is 37.3 Å². The second-order valence-corrected chi connectivity index (χ2v) is 9.46. The van der Waals surface area contributed by atoms with Gasteiger partial charge in [0, 0.05) is 17.2 Å². The summed E-state index contributed by atoms with van der Waals surface area (Å²) < 4.78 is 23.3. The van der Waals surface area contributed by atoms with E-state index in [1.165, 1.54) is 4.90 Å². The number of anilines is 1. The topological polar surface area (TPSA) is 83.6 Å². The van der Waals surface area contributed by atoms with Gasteiger partial charge in [0.05, 0.1) is 16.6 Å². The minimum Gasteiger partial charge on any atom is -0.348 e. The molecule has 1 aliphatic rings. The molecule has 0 unspecified atom stereocenters. The van der Waals surface area contributed by atoms with Crippen molar-refractivity contribution in [3.8, 4) is 0 Å². The van der Waals surface area contributed by atoms with Gasteiger partial charge in [0.15, 0.2) is 9.84 Å². The van der Waals surface area contributed by atoms with Crippen molar-refractivity contribution < 1.29 is 18.0 Å². The van der Waals surface area contributed by atoms with Gasteiger partial charge < -0.3 is 5.32 Å². The van der Waals surface area contributed by atoms with Crippen LogP contribution in [0.1, 0.15) is 35.3 Å². The van der Waals surface area contributed by atoms with Crippen LogP contribution in [-0.2, 0) is 14.6 Å².